The zero-order chi connectivity index (χ0) is 14.9. The van der Waals surface area contributed by atoms with Gasteiger partial charge in [-0.05, 0) is 17.5 Å². The van der Waals surface area contributed by atoms with Crippen molar-refractivity contribution >= 4 is 34.5 Å². The lowest BCUT2D eigenvalue weighted by atomic mass is 10.1. The molecule has 0 atom stereocenters. The first-order valence-electron chi connectivity index (χ1n) is 5.21. The number of benzene rings is 1. The van der Waals surface area contributed by atoms with Crippen LogP contribution in [-0.4, -0.2) is 32.3 Å². The zero-order valence-electron chi connectivity index (χ0n) is 9.76. The summed E-state index contributed by atoms with van der Waals surface area (Å²) in [6, 6.07) is 5.04. The molecule has 20 heavy (non-hydrogen) atoms. The normalized spacial score (nSPS) is 10.2. The topological polar surface area (TPSA) is 134 Å². The van der Waals surface area contributed by atoms with E-state index >= 15 is 0 Å². The summed E-state index contributed by atoms with van der Waals surface area (Å²) in [7, 11) is 0. The molecule has 9 nitrogen and oxygen atoms in total. The number of fused-ring (bicyclic) bond motifs is 1. The van der Waals surface area contributed by atoms with E-state index in [0.717, 1.165) is 6.07 Å². The number of anilines is 1. The molecule has 0 fully saturated rings. The van der Waals surface area contributed by atoms with Crippen molar-refractivity contribution in [2.24, 2.45) is 0 Å². The number of non-ortho nitro benzene ring substituents is 1. The van der Waals surface area contributed by atoms with Crippen molar-refractivity contribution in [2.45, 2.75) is 0 Å². The number of aromatic nitrogens is 1. The molecule has 0 radical (unpaired) electrons. The van der Waals surface area contributed by atoms with Crippen molar-refractivity contribution in [1.29, 1.82) is 0 Å². The minimum atomic E-state index is -1.71. The van der Waals surface area contributed by atoms with Gasteiger partial charge >= 0.3 is 12.2 Å². The minimum Gasteiger partial charge on any atom is -0.464 e. The lowest BCUT2D eigenvalue weighted by Crippen LogP contribution is -2.35. The van der Waals surface area contributed by atoms with E-state index in [1.165, 1.54) is 24.4 Å². The second kappa shape index (κ2) is 4.80. The van der Waals surface area contributed by atoms with E-state index in [1.54, 1.807) is 0 Å². The average molecular weight is 277 g/mol. The van der Waals surface area contributed by atoms with Crippen LogP contribution in [0.3, 0.4) is 0 Å². The van der Waals surface area contributed by atoms with E-state index in [0.29, 0.717) is 5.39 Å². The maximum atomic E-state index is 11.0. The number of hydrogen-bond acceptors (Lipinski definition) is 5. The smallest absolute Gasteiger partial charge is 0.422 e. The number of carbonyl (C=O) groups is 2. The van der Waals surface area contributed by atoms with Crippen molar-refractivity contribution in [3.63, 3.8) is 0 Å². The summed E-state index contributed by atoms with van der Waals surface area (Å²) in [6.07, 6.45) is -2.24. The molecule has 0 aliphatic heterocycles. The van der Waals surface area contributed by atoms with Crippen LogP contribution in [0.2, 0.25) is 0 Å². The zero-order valence-corrected chi connectivity index (χ0v) is 9.76. The number of imide groups is 1. The minimum absolute atomic E-state index is 0.0498. The Labute approximate surface area is 110 Å². The Morgan fingerprint density at radius 1 is 1.20 bits per heavy atom. The fourth-order valence-electron chi connectivity index (χ4n) is 1.70. The Morgan fingerprint density at radius 2 is 1.85 bits per heavy atom. The third-order valence-corrected chi connectivity index (χ3v) is 2.53. The molecule has 0 unspecified atom stereocenters. The Balaban J connectivity index is 2.69. The molecule has 9 heteroatoms. The Kier molecular flexibility index (Phi) is 3.17. The van der Waals surface area contributed by atoms with Gasteiger partial charge in [-0.3, -0.25) is 10.1 Å². The quantitative estimate of drug-likeness (QED) is 0.635. The van der Waals surface area contributed by atoms with Crippen LogP contribution in [-0.2, 0) is 0 Å². The van der Waals surface area contributed by atoms with E-state index in [-0.39, 0.29) is 21.8 Å². The van der Waals surface area contributed by atoms with Gasteiger partial charge in [-0.25, -0.2) is 14.6 Å². The molecule has 1 aromatic heterocycles. The van der Waals surface area contributed by atoms with Crippen LogP contribution < -0.4 is 4.90 Å². The molecule has 1 aromatic carbocycles. The summed E-state index contributed by atoms with van der Waals surface area (Å²) in [5.41, 5.74) is -0.188. The maximum Gasteiger partial charge on any atom is 0.422 e. The molecular weight excluding hydrogens is 270 g/mol. The second-order valence-electron chi connectivity index (χ2n) is 3.70. The summed E-state index contributed by atoms with van der Waals surface area (Å²) >= 11 is 0. The first kappa shape index (κ1) is 13.2. The molecular formula is C11H7N3O6. The molecule has 0 aliphatic carbocycles. The fourth-order valence-corrected chi connectivity index (χ4v) is 1.70. The molecule has 2 amide bonds. The van der Waals surface area contributed by atoms with Crippen molar-refractivity contribution in [1.82, 2.24) is 4.98 Å². The van der Waals surface area contributed by atoms with Crippen LogP contribution >= 0.6 is 0 Å². The number of rotatable bonds is 2. The molecule has 2 rings (SSSR count). The highest BCUT2D eigenvalue weighted by atomic mass is 16.6. The largest absolute Gasteiger partial charge is 0.464 e. The first-order valence-corrected chi connectivity index (χ1v) is 5.21. The van der Waals surface area contributed by atoms with E-state index in [9.17, 15) is 19.7 Å². The van der Waals surface area contributed by atoms with Gasteiger partial charge in [0, 0.05) is 23.7 Å². The molecule has 2 aromatic rings. The van der Waals surface area contributed by atoms with E-state index in [1.807, 2.05) is 0 Å². The molecule has 0 saturated heterocycles. The molecule has 102 valence electrons. The number of amides is 2. The van der Waals surface area contributed by atoms with Crippen LogP contribution in [0.1, 0.15) is 0 Å². The third kappa shape index (κ3) is 2.19. The van der Waals surface area contributed by atoms with Gasteiger partial charge in [0.05, 0.1) is 4.92 Å². The SMILES string of the molecule is O=C(O)N(C(=O)O)c1nccc2cc([N+](=O)[O-])ccc12. The lowest BCUT2D eigenvalue weighted by molar-refractivity contribution is -0.384. The van der Waals surface area contributed by atoms with Crippen LogP contribution in [0.4, 0.5) is 21.1 Å². The van der Waals surface area contributed by atoms with E-state index in [2.05, 4.69) is 4.98 Å². The molecule has 0 saturated carbocycles. The second-order valence-corrected chi connectivity index (χ2v) is 3.70. The number of pyridine rings is 1. The molecule has 0 bridgehead atoms. The van der Waals surface area contributed by atoms with Gasteiger partial charge in [-0.15, -0.1) is 0 Å². The summed E-state index contributed by atoms with van der Waals surface area (Å²) < 4.78 is 0. The van der Waals surface area contributed by atoms with Gasteiger partial charge in [-0.1, -0.05) is 0 Å². The standard InChI is InChI=1S/C11H7N3O6/c15-10(16)13(11(17)18)9-8-2-1-7(14(19)20)5-6(8)3-4-12-9/h1-5H,(H,15,16)(H,17,18). The summed E-state index contributed by atoms with van der Waals surface area (Å²) in [6.45, 7) is 0. The van der Waals surface area contributed by atoms with Crippen molar-refractivity contribution in [2.75, 3.05) is 4.90 Å². The highest BCUT2D eigenvalue weighted by Gasteiger charge is 2.25. The third-order valence-electron chi connectivity index (χ3n) is 2.53. The number of nitro groups is 1. The number of nitrogens with zero attached hydrogens (tertiary/aromatic N) is 3. The Bertz CT molecular complexity index is 715. The maximum absolute atomic E-state index is 11.0. The predicted molar refractivity (Wildman–Crippen MR) is 66.9 cm³/mol. The van der Waals surface area contributed by atoms with E-state index in [4.69, 9.17) is 10.2 Å². The highest BCUT2D eigenvalue weighted by Crippen LogP contribution is 2.27. The van der Waals surface area contributed by atoms with Crippen LogP contribution in [0.5, 0.6) is 0 Å². The predicted octanol–water partition coefficient (Wildman–Crippen LogP) is 2.31. The fraction of sp³-hybridized carbons (Fsp3) is 0. The summed E-state index contributed by atoms with van der Waals surface area (Å²) in [5, 5.41) is 29.0. The monoisotopic (exact) mass is 277 g/mol. The van der Waals surface area contributed by atoms with Crippen molar-refractivity contribution in [3.8, 4) is 0 Å². The lowest BCUT2D eigenvalue weighted by Gasteiger charge is -2.14. The van der Waals surface area contributed by atoms with Crippen molar-refractivity contribution < 1.29 is 24.7 Å². The average Bonchev–Trinajstić information content (AvgIpc) is 2.37. The van der Waals surface area contributed by atoms with Gasteiger partial charge in [0.2, 0.25) is 0 Å². The van der Waals surface area contributed by atoms with Gasteiger partial charge < -0.3 is 10.2 Å². The van der Waals surface area contributed by atoms with Crippen LogP contribution in [0, 0.1) is 10.1 Å². The molecule has 2 N–H and O–H groups in total. The molecule has 0 spiro atoms. The number of hydrogen-bond donors (Lipinski definition) is 2. The Hall–Kier alpha value is -3.23. The van der Waals surface area contributed by atoms with E-state index < -0.39 is 17.1 Å². The number of carboxylic acid groups (broad SMARTS) is 2. The van der Waals surface area contributed by atoms with Crippen molar-refractivity contribution in [3.05, 3.63) is 40.6 Å². The first-order chi connectivity index (χ1) is 9.41. The summed E-state index contributed by atoms with van der Waals surface area (Å²) in [5.74, 6) is -0.322. The molecule has 1 heterocycles. The number of nitro benzene ring substituents is 1. The van der Waals surface area contributed by atoms with Gasteiger partial charge in [0.15, 0.2) is 5.82 Å². The van der Waals surface area contributed by atoms with Gasteiger partial charge in [-0.2, -0.15) is 4.90 Å². The molecule has 0 aliphatic rings. The highest BCUT2D eigenvalue weighted by molar-refractivity contribution is 6.12. The Morgan fingerprint density at radius 3 is 2.40 bits per heavy atom. The van der Waals surface area contributed by atoms with Gasteiger partial charge in [0.1, 0.15) is 0 Å². The van der Waals surface area contributed by atoms with Crippen LogP contribution in [0.15, 0.2) is 30.5 Å². The van der Waals surface area contributed by atoms with Gasteiger partial charge in [0.25, 0.3) is 5.69 Å². The van der Waals surface area contributed by atoms with Crippen LogP contribution in [0.25, 0.3) is 10.8 Å². The summed E-state index contributed by atoms with van der Waals surface area (Å²) in [4.78, 5) is 35.7.